The Kier molecular flexibility index (Phi) is 18.2. The van der Waals surface area contributed by atoms with E-state index in [0.717, 1.165) is 11.5 Å². The minimum absolute atomic E-state index is 0.200. The molecule has 2 heterocycles. The van der Waals surface area contributed by atoms with E-state index in [9.17, 15) is 30.6 Å². The minimum atomic E-state index is -1.54. The van der Waals surface area contributed by atoms with Gasteiger partial charge in [-0.15, -0.1) is 0 Å². The molecule has 40 heavy (non-hydrogen) atoms. The van der Waals surface area contributed by atoms with Crippen LogP contribution in [0.2, 0.25) is 0 Å². The second-order valence-electron chi connectivity index (χ2n) is 9.08. The SMILES string of the molecule is CSCC(N)=NCCSCCO[C@@H]1[C@@H](O)[C@H](O)[C@@H](CO[C@H]2O[C@H](CO)[C@@H](O)[C@H](O)[C@H]2OCCSCCN)O[C@@H]1O. The molecular weight excluding hydrogens is 590 g/mol. The lowest BCUT2D eigenvalue weighted by atomic mass is 9.98. The number of rotatable bonds is 19. The first-order chi connectivity index (χ1) is 19.2. The summed E-state index contributed by atoms with van der Waals surface area (Å²) in [7, 11) is 0. The topological polar surface area (TPSA) is 232 Å². The molecule has 236 valence electrons. The summed E-state index contributed by atoms with van der Waals surface area (Å²) < 4.78 is 28.0. The summed E-state index contributed by atoms with van der Waals surface area (Å²) in [6.07, 6.45) is -11.1. The van der Waals surface area contributed by atoms with Crippen LogP contribution >= 0.6 is 35.3 Å². The second kappa shape index (κ2) is 20.1. The van der Waals surface area contributed by atoms with Crippen molar-refractivity contribution in [1.82, 2.24) is 0 Å². The molecule has 10 atom stereocenters. The van der Waals surface area contributed by atoms with Crippen molar-refractivity contribution in [3.8, 4) is 0 Å². The smallest absolute Gasteiger partial charge is 0.187 e. The van der Waals surface area contributed by atoms with Crippen LogP contribution in [0.15, 0.2) is 4.99 Å². The maximum atomic E-state index is 10.6. The first-order valence-electron chi connectivity index (χ1n) is 13.0. The first kappa shape index (κ1) is 36.2. The molecule has 0 radical (unpaired) electrons. The van der Waals surface area contributed by atoms with Gasteiger partial charge in [-0.25, -0.2) is 0 Å². The number of aliphatic hydroxyl groups is 6. The van der Waals surface area contributed by atoms with Gasteiger partial charge in [-0.3, -0.25) is 4.99 Å². The quantitative estimate of drug-likeness (QED) is 0.0397. The number of ether oxygens (including phenoxy) is 5. The summed E-state index contributed by atoms with van der Waals surface area (Å²) in [6.45, 7) is 0.570. The lowest BCUT2D eigenvalue weighted by molar-refractivity contribution is -0.332. The number of hydrogen-bond donors (Lipinski definition) is 8. The predicted molar refractivity (Wildman–Crippen MR) is 155 cm³/mol. The maximum Gasteiger partial charge on any atom is 0.187 e. The zero-order chi connectivity index (χ0) is 29.5. The summed E-state index contributed by atoms with van der Waals surface area (Å²) in [5, 5.41) is 61.9. The Balaban J connectivity index is 1.82. The van der Waals surface area contributed by atoms with Crippen LogP contribution in [-0.2, 0) is 23.7 Å². The van der Waals surface area contributed by atoms with Crippen LogP contribution in [0.5, 0.6) is 0 Å². The molecule has 0 saturated carbocycles. The molecule has 2 saturated heterocycles. The Morgan fingerprint density at radius 2 is 1.45 bits per heavy atom. The molecule has 2 aliphatic rings. The van der Waals surface area contributed by atoms with Gasteiger partial charge in [-0.05, 0) is 6.26 Å². The van der Waals surface area contributed by atoms with Gasteiger partial charge in [0.25, 0.3) is 0 Å². The fraction of sp³-hybridized carbons (Fsp3) is 0.957. The molecule has 0 spiro atoms. The van der Waals surface area contributed by atoms with E-state index in [-0.39, 0.29) is 19.8 Å². The summed E-state index contributed by atoms with van der Waals surface area (Å²) >= 11 is 4.72. The molecule has 0 unspecified atom stereocenters. The zero-order valence-corrected chi connectivity index (χ0v) is 25.1. The molecule has 10 N–H and O–H groups in total. The van der Waals surface area contributed by atoms with Crippen LogP contribution in [0, 0.1) is 0 Å². The molecule has 0 aromatic rings. The lowest BCUT2D eigenvalue weighted by Gasteiger charge is -2.43. The van der Waals surface area contributed by atoms with Gasteiger partial charge < -0.3 is 65.8 Å². The zero-order valence-electron chi connectivity index (χ0n) is 22.6. The van der Waals surface area contributed by atoms with Gasteiger partial charge in [-0.2, -0.15) is 35.3 Å². The third-order valence-electron chi connectivity index (χ3n) is 6.09. The van der Waals surface area contributed by atoms with Crippen LogP contribution in [0.1, 0.15) is 0 Å². The van der Waals surface area contributed by atoms with Crippen molar-refractivity contribution in [2.45, 2.75) is 61.4 Å². The predicted octanol–water partition coefficient (Wildman–Crippen LogP) is -3.20. The third-order valence-corrected chi connectivity index (χ3v) is 8.58. The number of nitrogens with two attached hydrogens (primary N) is 2. The fourth-order valence-corrected chi connectivity index (χ4v) is 5.63. The van der Waals surface area contributed by atoms with E-state index in [1.165, 1.54) is 0 Å². The van der Waals surface area contributed by atoms with Crippen molar-refractivity contribution in [1.29, 1.82) is 0 Å². The fourth-order valence-electron chi connectivity index (χ4n) is 4.02. The molecule has 17 heteroatoms. The van der Waals surface area contributed by atoms with E-state index >= 15 is 0 Å². The van der Waals surface area contributed by atoms with Crippen LogP contribution in [-0.4, -0.2) is 172 Å². The Labute approximate surface area is 247 Å². The molecule has 2 fully saturated rings. The molecule has 2 rings (SSSR count). The van der Waals surface area contributed by atoms with Gasteiger partial charge in [0.15, 0.2) is 12.6 Å². The van der Waals surface area contributed by atoms with E-state index in [4.69, 9.17) is 35.2 Å². The third kappa shape index (κ3) is 11.6. The van der Waals surface area contributed by atoms with E-state index in [1.807, 2.05) is 6.26 Å². The van der Waals surface area contributed by atoms with Crippen molar-refractivity contribution in [3.63, 3.8) is 0 Å². The Bertz CT molecular complexity index is 720. The number of amidine groups is 1. The van der Waals surface area contributed by atoms with Crippen molar-refractivity contribution < 1.29 is 54.3 Å². The summed E-state index contributed by atoms with van der Waals surface area (Å²) in [5.74, 6) is 3.90. The van der Waals surface area contributed by atoms with Crippen molar-refractivity contribution in [2.75, 3.05) is 74.5 Å². The van der Waals surface area contributed by atoms with Crippen LogP contribution in [0.3, 0.4) is 0 Å². The summed E-state index contributed by atoms with van der Waals surface area (Å²) in [5.41, 5.74) is 11.2. The van der Waals surface area contributed by atoms with Crippen molar-refractivity contribution in [2.24, 2.45) is 16.5 Å². The highest BCUT2D eigenvalue weighted by atomic mass is 32.2. The van der Waals surface area contributed by atoms with Gasteiger partial charge >= 0.3 is 0 Å². The molecule has 0 aromatic heterocycles. The van der Waals surface area contributed by atoms with E-state index < -0.39 is 68.0 Å². The Hall–Kier alpha value is 0.0400. The Morgan fingerprint density at radius 3 is 2.10 bits per heavy atom. The van der Waals surface area contributed by atoms with Gasteiger partial charge in [0.05, 0.1) is 32.2 Å². The highest BCUT2D eigenvalue weighted by Gasteiger charge is 2.48. The van der Waals surface area contributed by atoms with Crippen LogP contribution in [0.4, 0.5) is 0 Å². The number of thioether (sulfide) groups is 3. The van der Waals surface area contributed by atoms with Gasteiger partial charge in [-0.1, -0.05) is 0 Å². The standard InChI is InChI=1S/C23H45N3O11S3/c1-38-12-15(25)26-3-7-40-9-4-33-20-18(30)17(29)14(36-22(20)32)11-35-23-21(34-5-8-39-6-2-24)19(31)16(28)13(10-27)37-23/h13-14,16-23,27-32H,2-12,24H2,1H3,(H2,25,26)/t13-,14-,16-,17-,18+,19+,20-,21-,22+,23+/m1/s1. The molecule has 2 aliphatic heterocycles. The van der Waals surface area contributed by atoms with Gasteiger partial charge in [0, 0.05) is 36.1 Å². The average Bonchev–Trinajstić information content (AvgIpc) is 2.93. The van der Waals surface area contributed by atoms with E-state index in [1.54, 1.807) is 35.3 Å². The first-order valence-corrected chi connectivity index (χ1v) is 16.8. The number of aliphatic hydroxyl groups excluding tert-OH is 6. The highest BCUT2D eigenvalue weighted by molar-refractivity contribution is 7.99. The molecule has 0 aliphatic carbocycles. The molecule has 0 aromatic carbocycles. The van der Waals surface area contributed by atoms with Crippen molar-refractivity contribution in [3.05, 3.63) is 0 Å². The molecule has 14 nitrogen and oxygen atoms in total. The lowest BCUT2D eigenvalue weighted by Crippen LogP contribution is -2.62. The Morgan fingerprint density at radius 1 is 0.825 bits per heavy atom. The average molecular weight is 636 g/mol. The normalized spacial score (nSPS) is 35.2. The minimum Gasteiger partial charge on any atom is -0.394 e. The number of hydrogen-bond acceptors (Lipinski definition) is 16. The highest BCUT2D eigenvalue weighted by Crippen LogP contribution is 2.27. The maximum absolute atomic E-state index is 10.6. The van der Waals surface area contributed by atoms with Crippen LogP contribution in [0.25, 0.3) is 0 Å². The van der Waals surface area contributed by atoms with E-state index in [0.29, 0.717) is 36.2 Å². The van der Waals surface area contributed by atoms with E-state index in [2.05, 4.69) is 4.99 Å². The molecule has 0 amide bonds. The number of aliphatic imine (C=N–C) groups is 1. The van der Waals surface area contributed by atoms with Gasteiger partial charge in [0.2, 0.25) is 0 Å². The van der Waals surface area contributed by atoms with Crippen molar-refractivity contribution >= 4 is 41.1 Å². The summed E-state index contributed by atoms with van der Waals surface area (Å²) in [6, 6.07) is 0. The number of nitrogens with zero attached hydrogens (tertiary/aromatic N) is 1. The molecular formula is C23H45N3O11S3. The van der Waals surface area contributed by atoms with Crippen LogP contribution < -0.4 is 11.5 Å². The second-order valence-corrected chi connectivity index (χ2v) is 12.4. The summed E-state index contributed by atoms with van der Waals surface area (Å²) in [4.78, 5) is 4.25. The monoisotopic (exact) mass is 635 g/mol. The van der Waals surface area contributed by atoms with Gasteiger partial charge in [0.1, 0.15) is 54.7 Å². The largest absolute Gasteiger partial charge is 0.394 e. The molecule has 0 bridgehead atoms.